The van der Waals surface area contributed by atoms with Crippen LogP contribution in [0.4, 0.5) is 0 Å². The van der Waals surface area contributed by atoms with Crippen molar-refractivity contribution in [3.8, 4) is 11.5 Å². The van der Waals surface area contributed by atoms with Gasteiger partial charge in [-0.05, 0) is 24.6 Å². The van der Waals surface area contributed by atoms with Gasteiger partial charge in [-0.25, -0.2) is 0 Å². The molecule has 0 heterocycles. The topological polar surface area (TPSA) is 60.8 Å². The highest BCUT2D eigenvalue weighted by Gasteiger charge is 2.18. The van der Waals surface area contributed by atoms with Crippen LogP contribution in [0.3, 0.4) is 0 Å². The number of rotatable bonds is 4. The number of carbonyl (C=O) groups is 1. The molecule has 0 aliphatic rings. The SMILES string of the molecule is CCN(Cc1ccccc1)C(=O)c1ccc(O)cc1O. The molecule has 0 aliphatic carbocycles. The molecule has 2 aromatic carbocycles. The second-order valence-corrected chi connectivity index (χ2v) is 4.51. The fraction of sp³-hybridized carbons (Fsp3) is 0.188. The molecule has 0 radical (unpaired) electrons. The Balaban J connectivity index is 2.21. The Morgan fingerprint density at radius 2 is 1.80 bits per heavy atom. The van der Waals surface area contributed by atoms with E-state index in [2.05, 4.69) is 0 Å². The highest BCUT2D eigenvalue weighted by Crippen LogP contribution is 2.24. The second kappa shape index (κ2) is 6.10. The monoisotopic (exact) mass is 271 g/mol. The molecule has 2 rings (SSSR count). The summed E-state index contributed by atoms with van der Waals surface area (Å²) in [5.74, 6) is -0.527. The first-order chi connectivity index (χ1) is 9.61. The Bertz CT molecular complexity index is 596. The van der Waals surface area contributed by atoms with Crippen LogP contribution in [0.25, 0.3) is 0 Å². The first-order valence-corrected chi connectivity index (χ1v) is 6.47. The average Bonchev–Trinajstić information content (AvgIpc) is 2.45. The highest BCUT2D eigenvalue weighted by molar-refractivity contribution is 5.97. The van der Waals surface area contributed by atoms with Crippen molar-refractivity contribution in [3.05, 3.63) is 59.7 Å². The van der Waals surface area contributed by atoms with Gasteiger partial charge in [0.2, 0.25) is 0 Å². The first kappa shape index (κ1) is 13.9. The lowest BCUT2D eigenvalue weighted by molar-refractivity contribution is 0.0749. The maximum atomic E-state index is 12.4. The summed E-state index contributed by atoms with van der Waals surface area (Å²) in [7, 11) is 0. The molecule has 2 aromatic rings. The number of aromatic hydroxyl groups is 2. The van der Waals surface area contributed by atoms with E-state index in [0.29, 0.717) is 13.1 Å². The maximum absolute atomic E-state index is 12.4. The Morgan fingerprint density at radius 1 is 1.10 bits per heavy atom. The third kappa shape index (κ3) is 3.09. The zero-order valence-electron chi connectivity index (χ0n) is 11.3. The van der Waals surface area contributed by atoms with Crippen molar-refractivity contribution in [2.24, 2.45) is 0 Å². The molecule has 0 spiro atoms. The van der Waals surface area contributed by atoms with Crippen molar-refractivity contribution in [1.29, 1.82) is 0 Å². The van der Waals surface area contributed by atoms with Crippen LogP contribution < -0.4 is 0 Å². The lowest BCUT2D eigenvalue weighted by Gasteiger charge is -2.21. The third-order valence-electron chi connectivity index (χ3n) is 3.10. The molecule has 4 nitrogen and oxygen atoms in total. The maximum Gasteiger partial charge on any atom is 0.257 e. The van der Waals surface area contributed by atoms with Gasteiger partial charge in [0, 0.05) is 19.2 Å². The highest BCUT2D eigenvalue weighted by atomic mass is 16.3. The van der Waals surface area contributed by atoms with E-state index in [1.807, 2.05) is 37.3 Å². The Morgan fingerprint density at radius 3 is 2.40 bits per heavy atom. The summed E-state index contributed by atoms with van der Waals surface area (Å²) < 4.78 is 0. The van der Waals surface area contributed by atoms with Crippen molar-refractivity contribution in [3.63, 3.8) is 0 Å². The summed E-state index contributed by atoms with van der Waals surface area (Å²) in [5, 5.41) is 19.0. The molecule has 0 aliphatic heterocycles. The van der Waals surface area contributed by atoms with E-state index in [1.54, 1.807) is 4.90 Å². The summed E-state index contributed by atoms with van der Waals surface area (Å²) in [6.07, 6.45) is 0. The van der Waals surface area contributed by atoms with Crippen LogP contribution in [0.2, 0.25) is 0 Å². The summed E-state index contributed by atoms with van der Waals surface area (Å²) in [4.78, 5) is 14.0. The van der Waals surface area contributed by atoms with Gasteiger partial charge in [-0.1, -0.05) is 30.3 Å². The van der Waals surface area contributed by atoms with Crippen LogP contribution in [0.1, 0.15) is 22.8 Å². The molecule has 0 bridgehead atoms. The predicted molar refractivity (Wildman–Crippen MR) is 76.6 cm³/mol. The van der Waals surface area contributed by atoms with E-state index in [0.717, 1.165) is 5.56 Å². The summed E-state index contributed by atoms with van der Waals surface area (Å²) in [6.45, 7) is 2.91. The largest absolute Gasteiger partial charge is 0.508 e. The lowest BCUT2D eigenvalue weighted by Crippen LogP contribution is -2.30. The van der Waals surface area contributed by atoms with E-state index in [1.165, 1.54) is 18.2 Å². The molecule has 0 atom stereocenters. The Kier molecular flexibility index (Phi) is 4.25. The number of phenolic OH excluding ortho intramolecular Hbond substituents is 2. The van der Waals surface area contributed by atoms with Crippen molar-refractivity contribution >= 4 is 5.91 Å². The molecule has 1 amide bonds. The zero-order valence-corrected chi connectivity index (χ0v) is 11.3. The van der Waals surface area contributed by atoms with Crippen LogP contribution in [0, 0.1) is 0 Å². The van der Waals surface area contributed by atoms with Gasteiger partial charge in [0.05, 0.1) is 5.56 Å². The Hall–Kier alpha value is -2.49. The number of benzene rings is 2. The van der Waals surface area contributed by atoms with Crippen LogP contribution in [-0.2, 0) is 6.54 Å². The number of amides is 1. The molecule has 20 heavy (non-hydrogen) atoms. The van der Waals surface area contributed by atoms with Gasteiger partial charge in [-0.15, -0.1) is 0 Å². The van der Waals surface area contributed by atoms with Gasteiger partial charge < -0.3 is 15.1 Å². The number of hydrogen-bond acceptors (Lipinski definition) is 3. The van der Waals surface area contributed by atoms with Gasteiger partial charge in [0.15, 0.2) is 0 Å². The number of carbonyl (C=O) groups excluding carboxylic acids is 1. The summed E-state index contributed by atoms with van der Waals surface area (Å²) in [6, 6.07) is 13.7. The smallest absolute Gasteiger partial charge is 0.257 e. The standard InChI is InChI=1S/C16H17NO3/c1-2-17(11-12-6-4-3-5-7-12)16(20)14-9-8-13(18)10-15(14)19/h3-10,18-19H,2,11H2,1H3. The second-order valence-electron chi connectivity index (χ2n) is 4.51. The quantitative estimate of drug-likeness (QED) is 0.899. The molecule has 104 valence electrons. The van der Waals surface area contributed by atoms with Crippen LogP contribution in [-0.4, -0.2) is 27.6 Å². The van der Waals surface area contributed by atoms with Gasteiger partial charge in [0.1, 0.15) is 11.5 Å². The van der Waals surface area contributed by atoms with Crippen molar-refractivity contribution in [1.82, 2.24) is 4.90 Å². The van der Waals surface area contributed by atoms with E-state index in [-0.39, 0.29) is 23.0 Å². The minimum atomic E-state index is -0.256. The van der Waals surface area contributed by atoms with E-state index in [9.17, 15) is 15.0 Å². The fourth-order valence-electron chi connectivity index (χ4n) is 2.00. The van der Waals surface area contributed by atoms with Crippen LogP contribution >= 0.6 is 0 Å². The fourth-order valence-corrected chi connectivity index (χ4v) is 2.00. The van der Waals surface area contributed by atoms with Crippen molar-refractivity contribution in [2.75, 3.05) is 6.54 Å². The first-order valence-electron chi connectivity index (χ1n) is 6.47. The number of nitrogens with zero attached hydrogens (tertiary/aromatic N) is 1. The molecule has 0 aromatic heterocycles. The van der Waals surface area contributed by atoms with E-state index >= 15 is 0 Å². The molecule has 0 unspecified atom stereocenters. The van der Waals surface area contributed by atoms with E-state index < -0.39 is 0 Å². The van der Waals surface area contributed by atoms with Gasteiger partial charge in [-0.2, -0.15) is 0 Å². The van der Waals surface area contributed by atoms with Crippen molar-refractivity contribution in [2.45, 2.75) is 13.5 Å². The molecule has 0 fully saturated rings. The zero-order chi connectivity index (χ0) is 14.5. The average molecular weight is 271 g/mol. The summed E-state index contributed by atoms with van der Waals surface area (Å²) >= 11 is 0. The van der Waals surface area contributed by atoms with Gasteiger partial charge in [0.25, 0.3) is 5.91 Å². The number of phenols is 2. The minimum Gasteiger partial charge on any atom is -0.508 e. The number of hydrogen-bond donors (Lipinski definition) is 2. The molecular formula is C16H17NO3. The van der Waals surface area contributed by atoms with Gasteiger partial charge in [-0.3, -0.25) is 4.79 Å². The van der Waals surface area contributed by atoms with Crippen LogP contribution in [0.15, 0.2) is 48.5 Å². The molecule has 2 N–H and O–H groups in total. The lowest BCUT2D eigenvalue weighted by atomic mass is 10.1. The molecule has 0 saturated carbocycles. The van der Waals surface area contributed by atoms with Gasteiger partial charge >= 0.3 is 0 Å². The minimum absolute atomic E-state index is 0.0647. The van der Waals surface area contributed by atoms with Crippen LogP contribution in [0.5, 0.6) is 11.5 Å². The van der Waals surface area contributed by atoms with Crippen molar-refractivity contribution < 1.29 is 15.0 Å². The molecule has 0 saturated heterocycles. The predicted octanol–water partition coefficient (Wildman–Crippen LogP) is 2.76. The normalized spacial score (nSPS) is 10.2. The van der Waals surface area contributed by atoms with E-state index in [4.69, 9.17) is 0 Å². The Labute approximate surface area is 117 Å². The summed E-state index contributed by atoms with van der Waals surface area (Å²) in [5.41, 5.74) is 1.22. The molecule has 4 heteroatoms. The third-order valence-corrected chi connectivity index (χ3v) is 3.10. The molecular weight excluding hydrogens is 254 g/mol.